The Hall–Kier alpha value is -0.460. The van der Waals surface area contributed by atoms with Gasteiger partial charge in [-0.25, -0.2) is 0 Å². The van der Waals surface area contributed by atoms with Crippen molar-refractivity contribution >= 4 is 17.7 Å². The molecule has 3 aliphatic rings. The van der Waals surface area contributed by atoms with E-state index in [2.05, 4.69) is 23.4 Å². The van der Waals surface area contributed by atoms with Gasteiger partial charge in [0.05, 0.1) is 6.54 Å². The Balaban J connectivity index is 1.65. The number of guanidine groups is 1. The average Bonchev–Trinajstić information content (AvgIpc) is 3.03. The van der Waals surface area contributed by atoms with Gasteiger partial charge in [0.25, 0.3) is 0 Å². The molecule has 24 heavy (non-hydrogen) atoms. The summed E-state index contributed by atoms with van der Waals surface area (Å²) in [5.41, 5.74) is 0.463. The molecule has 3 saturated heterocycles. The van der Waals surface area contributed by atoms with Gasteiger partial charge in [0.1, 0.15) is 0 Å². The second-order valence-corrected chi connectivity index (χ2v) is 8.73. The van der Waals surface area contributed by atoms with E-state index < -0.39 is 0 Å². The topological polar surface area (TPSA) is 46.1 Å². The minimum Gasteiger partial charge on any atom is -0.381 e. The highest BCUT2D eigenvalue weighted by atomic mass is 32.2. The summed E-state index contributed by atoms with van der Waals surface area (Å²) in [5, 5.41) is 3.53. The molecular formula is C18H33N3O2S. The van der Waals surface area contributed by atoms with Gasteiger partial charge in [-0.2, -0.15) is 11.8 Å². The smallest absolute Gasteiger partial charge is 0.193 e. The van der Waals surface area contributed by atoms with Crippen molar-refractivity contribution in [2.45, 2.75) is 43.8 Å². The van der Waals surface area contributed by atoms with Crippen molar-refractivity contribution in [3.63, 3.8) is 0 Å². The van der Waals surface area contributed by atoms with E-state index in [1.807, 2.05) is 11.8 Å². The molecule has 6 heteroatoms. The van der Waals surface area contributed by atoms with E-state index in [0.29, 0.717) is 5.41 Å². The molecule has 1 N–H and O–H groups in total. The number of ether oxygens (including phenoxy) is 2. The summed E-state index contributed by atoms with van der Waals surface area (Å²) >= 11 is 1.97. The van der Waals surface area contributed by atoms with Crippen molar-refractivity contribution in [2.75, 3.05) is 58.9 Å². The first-order valence-corrected chi connectivity index (χ1v) is 10.7. The summed E-state index contributed by atoms with van der Waals surface area (Å²) in [6.45, 7) is 9.86. The van der Waals surface area contributed by atoms with E-state index >= 15 is 0 Å². The molecule has 3 fully saturated rings. The Morgan fingerprint density at radius 3 is 2.38 bits per heavy atom. The zero-order valence-electron chi connectivity index (χ0n) is 15.3. The molecule has 0 radical (unpaired) electrons. The van der Waals surface area contributed by atoms with Crippen LogP contribution in [-0.4, -0.2) is 74.5 Å². The van der Waals surface area contributed by atoms with E-state index in [9.17, 15) is 0 Å². The van der Waals surface area contributed by atoms with Crippen molar-refractivity contribution in [1.82, 2.24) is 10.2 Å². The van der Waals surface area contributed by atoms with Gasteiger partial charge in [-0.15, -0.1) is 0 Å². The Morgan fingerprint density at radius 1 is 1.08 bits per heavy atom. The predicted octanol–water partition coefficient (Wildman–Crippen LogP) is 2.37. The number of thioether (sulfide) groups is 1. The SMILES string of the molecule is CCNC(=NCC1(SC)CCOCC1)N1CCC2(CCOCC2)C1. The fourth-order valence-electron chi connectivity index (χ4n) is 4.14. The number of likely N-dealkylation sites (tertiary alicyclic amines) is 1. The van der Waals surface area contributed by atoms with Crippen molar-refractivity contribution in [3.8, 4) is 0 Å². The molecule has 3 rings (SSSR count). The maximum atomic E-state index is 5.58. The van der Waals surface area contributed by atoms with Crippen LogP contribution in [0.4, 0.5) is 0 Å². The van der Waals surface area contributed by atoms with Gasteiger partial charge in [0, 0.05) is 50.8 Å². The molecule has 1 spiro atoms. The molecule has 0 aliphatic carbocycles. The second kappa shape index (κ2) is 8.28. The summed E-state index contributed by atoms with van der Waals surface area (Å²) in [5.74, 6) is 1.11. The van der Waals surface area contributed by atoms with Crippen LogP contribution in [0.1, 0.15) is 39.0 Å². The Labute approximate surface area is 150 Å². The molecule has 5 nitrogen and oxygen atoms in total. The molecular weight excluding hydrogens is 322 g/mol. The zero-order valence-corrected chi connectivity index (χ0v) is 16.1. The van der Waals surface area contributed by atoms with E-state index in [4.69, 9.17) is 14.5 Å². The molecule has 0 saturated carbocycles. The van der Waals surface area contributed by atoms with Crippen LogP contribution in [0.3, 0.4) is 0 Å². The summed E-state index contributed by atoms with van der Waals surface area (Å²) in [6.07, 6.45) is 8.13. The first kappa shape index (κ1) is 18.3. The van der Waals surface area contributed by atoms with E-state index in [0.717, 1.165) is 71.4 Å². The molecule has 138 valence electrons. The highest BCUT2D eigenvalue weighted by molar-refractivity contribution is 8.00. The Kier molecular flexibility index (Phi) is 6.33. The lowest BCUT2D eigenvalue weighted by Gasteiger charge is -2.35. The third-order valence-electron chi connectivity index (χ3n) is 5.98. The molecule has 0 aromatic rings. The van der Waals surface area contributed by atoms with E-state index in [1.165, 1.54) is 19.3 Å². The van der Waals surface area contributed by atoms with Crippen molar-refractivity contribution in [1.29, 1.82) is 0 Å². The van der Waals surface area contributed by atoms with E-state index in [-0.39, 0.29) is 4.75 Å². The molecule has 3 aliphatic heterocycles. The third kappa shape index (κ3) is 4.20. The van der Waals surface area contributed by atoms with Crippen LogP contribution in [0.25, 0.3) is 0 Å². The van der Waals surface area contributed by atoms with Crippen LogP contribution in [0.15, 0.2) is 4.99 Å². The van der Waals surface area contributed by atoms with Crippen molar-refractivity contribution in [2.24, 2.45) is 10.4 Å². The van der Waals surface area contributed by atoms with Gasteiger partial charge in [0.15, 0.2) is 5.96 Å². The largest absolute Gasteiger partial charge is 0.381 e. The molecule has 0 aromatic carbocycles. The lowest BCUT2D eigenvalue weighted by atomic mass is 9.80. The number of hydrogen-bond donors (Lipinski definition) is 1. The normalized spacial score (nSPS) is 26.8. The van der Waals surface area contributed by atoms with Gasteiger partial charge in [-0.05, 0) is 50.7 Å². The molecule has 0 aromatic heterocycles. The summed E-state index contributed by atoms with van der Waals surface area (Å²) < 4.78 is 11.4. The first-order valence-electron chi connectivity index (χ1n) is 9.45. The number of nitrogens with zero attached hydrogens (tertiary/aromatic N) is 2. The average molecular weight is 356 g/mol. The fraction of sp³-hybridized carbons (Fsp3) is 0.944. The molecule has 0 bridgehead atoms. The third-order valence-corrected chi connectivity index (χ3v) is 7.38. The molecule has 0 atom stereocenters. The number of nitrogens with one attached hydrogen (secondary N) is 1. The minimum absolute atomic E-state index is 0.259. The summed E-state index contributed by atoms with van der Waals surface area (Å²) in [4.78, 5) is 7.55. The van der Waals surface area contributed by atoms with Crippen LogP contribution < -0.4 is 5.32 Å². The van der Waals surface area contributed by atoms with Crippen LogP contribution in [0.5, 0.6) is 0 Å². The number of aliphatic imine (C=N–C) groups is 1. The highest BCUT2D eigenvalue weighted by Gasteiger charge is 2.40. The van der Waals surface area contributed by atoms with Gasteiger partial charge in [0.2, 0.25) is 0 Å². The number of rotatable bonds is 4. The summed E-state index contributed by atoms with van der Waals surface area (Å²) in [6, 6.07) is 0. The van der Waals surface area contributed by atoms with Crippen LogP contribution in [-0.2, 0) is 9.47 Å². The fourth-order valence-corrected chi connectivity index (χ4v) is 4.91. The standard InChI is InChI=1S/C18H33N3O2S/c1-3-19-16(20-14-18(24-2)7-12-23-13-8-18)21-9-4-17(15-21)5-10-22-11-6-17/h3-15H2,1-2H3,(H,19,20). The Morgan fingerprint density at radius 2 is 1.75 bits per heavy atom. The van der Waals surface area contributed by atoms with Crippen LogP contribution >= 0.6 is 11.8 Å². The van der Waals surface area contributed by atoms with Crippen molar-refractivity contribution in [3.05, 3.63) is 0 Å². The maximum Gasteiger partial charge on any atom is 0.193 e. The van der Waals surface area contributed by atoms with Gasteiger partial charge in [-0.1, -0.05) is 0 Å². The second-order valence-electron chi connectivity index (χ2n) is 7.45. The summed E-state index contributed by atoms with van der Waals surface area (Å²) in [7, 11) is 0. The predicted molar refractivity (Wildman–Crippen MR) is 101 cm³/mol. The number of hydrogen-bond acceptors (Lipinski definition) is 4. The van der Waals surface area contributed by atoms with Gasteiger partial charge < -0.3 is 19.7 Å². The Bertz CT molecular complexity index is 432. The van der Waals surface area contributed by atoms with Crippen LogP contribution in [0.2, 0.25) is 0 Å². The maximum absolute atomic E-state index is 5.58. The highest BCUT2D eigenvalue weighted by Crippen LogP contribution is 2.40. The van der Waals surface area contributed by atoms with Crippen LogP contribution in [0, 0.1) is 5.41 Å². The molecule has 0 unspecified atom stereocenters. The zero-order chi connectivity index (χ0) is 16.9. The molecule has 3 heterocycles. The lowest BCUT2D eigenvalue weighted by molar-refractivity contribution is 0.0217. The first-order chi connectivity index (χ1) is 11.7. The quantitative estimate of drug-likeness (QED) is 0.620. The minimum atomic E-state index is 0.259. The van der Waals surface area contributed by atoms with E-state index in [1.54, 1.807) is 0 Å². The van der Waals surface area contributed by atoms with Gasteiger partial charge in [-0.3, -0.25) is 4.99 Å². The van der Waals surface area contributed by atoms with Gasteiger partial charge >= 0.3 is 0 Å². The van der Waals surface area contributed by atoms with Crippen molar-refractivity contribution < 1.29 is 9.47 Å². The lowest BCUT2D eigenvalue weighted by Crippen LogP contribution is -2.44. The monoisotopic (exact) mass is 355 g/mol. The molecule has 0 amide bonds.